The Morgan fingerprint density at radius 1 is 1.70 bits per heavy atom. The number of hydrogen-bond acceptors (Lipinski definition) is 1. The van der Waals surface area contributed by atoms with Gasteiger partial charge in [-0.05, 0) is 29.8 Å². The number of alkyl halides is 1. The van der Waals surface area contributed by atoms with Gasteiger partial charge in [0.25, 0.3) is 0 Å². The predicted molar refractivity (Wildman–Crippen MR) is 40.4 cm³/mol. The molecule has 0 bridgehead atoms. The molecule has 0 fully saturated rings. The summed E-state index contributed by atoms with van der Waals surface area (Å²) >= 11 is 3.14. The Balaban J connectivity index is 2.96. The average molecular weight is 207 g/mol. The second kappa shape index (κ2) is 2.34. The Kier molecular flexibility index (Phi) is 1.81. The summed E-state index contributed by atoms with van der Waals surface area (Å²) in [5.74, 6) is 0.347. The van der Waals surface area contributed by atoms with Crippen LogP contribution in [0, 0.1) is 0 Å². The van der Waals surface area contributed by atoms with Crippen LogP contribution in [0.1, 0.15) is 19.7 Å². The first-order valence-electron chi connectivity index (χ1n) is 2.90. The summed E-state index contributed by atoms with van der Waals surface area (Å²) in [6, 6.07) is 0. The molecule has 0 atom stereocenters. The standard InChI is InChI=1S/C6H8BrFN2/c1-6(2,8)5-9-3-4(7)10-5/h3H,1-2H3,(H,9,10). The molecule has 0 aromatic carbocycles. The third kappa shape index (κ3) is 1.56. The molecule has 1 heterocycles. The van der Waals surface area contributed by atoms with Crippen molar-refractivity contribution in [3.63, 3.8) is 0 Å². The molecule has 0 amide bonds. The molecule has 0 saturated carbocycles. The van der Waals surface area contributed by atoms with Crippen molar-refractivity contribution in [3.8, 4) is 0 Å². The van der Waals surface area contributed by atoms with E-state index in [1.54, 1.807) is 0 Å². The second-order valence-electron chi connectivity index (χ2n) is 2.55. The van der Waals surface area contributed by atoms with Crippen LogP contribution in [0.25, 0.3) is 0 Å². The maximum absolute atomic E-state index is 13.0. The summed E-state index contributed by atoms with van der Waals surface area (Å²) in [6.07, 6.45) is 1.54. The van der Waals surface area contributed by atoms with E-state index in [0.717, 1.165) is 0 Å². The molecule has 56 valence electrons. The molecule has 1 N–H and O–H groups in total. The quantitative estimate of drug-likeness (QED) is 0.752. The van der Waals surface area contributed by atoms with Crippen LogP contribution in [0.4, 0.5) is 4.39 Å². The molecular formula is C6H8BrFN2. The van der Waals surface area contributed by atoms with Gasteiger partial charge in [0.15, 0.2) is 5.67 Å². The zero-order valence-corrected chi connectivity index (χ0v) is 7.37. The highest BCUT2D eigenvalue weighted by molar-refractivity contribution is 9.10. The van der Waals surface area contributed by atoms with E-state index in [9.17, 15) is 4.39 Å². The van der Waals surface area contributed by atoms with Crippen LogP contribution in [0.2, 0.25) is 0 Å². The highest BCUT2D eigenvalue weighted by Crippen LogP contribution is 2.22. The van der Waals surface area contributed by atoms with Gasteiger partial charge in [-0.15, -0.1) is 0 Å². The van der Waals surface area contributed by atoms with Crippen LogP contribution in [0.15, 0.2) is 10.8 Å². The lowest BCUT2D eigenvalue weighted by molar-refractivity contribution is 0.208. The van der Waals surface area contributed by atoms with Gasteiger partial charge in [0, 0.05) is 0 Å². The van der Waals surface area contributed by atoms with Gasteiger partial charge in [-0.25, -0.2) is 9.37 Å². The fourth-order valence-corrected chi connectivity index (χ4v) is 0.891. The number of aromatic nitrogens is 2. The van der Waals surface area contributed by atoms with Crippen LogP contribution in [-0.2, 0) is 5.67 Å². The summed E-state index contributed by atoms with van der Waals surface area (Å²) < 4.78 is 13.7. The Bertz CT molecular complexity index is 226. The molecule has 4 heteroatoms. The number of nitrogens with one attached hydrogen (secondary N) is 1. The first-order valence-corrected chi connectivity index (χ1v) is 3.69. The lowest BCUT2D eigenvalue weighted by Gasteiger charge is -2.08. The summed E-state index contributed by atoms with van der Waals surface area (Å²) in [5.41, 5.74) is -1.38. The van der Waals surface area contributed by atoms with Gasteiger partial charge in [-0.2, -0.15) is 0 Å². The van der Waals surface area contributed by atoms with Crippen LogP contribution in [0.5, 0.6) is 0 Å². The molecule has 0 aliphatic rings. The van der Waals surface area contributed by atoms with Gasteiger partial charge in [0.2, 0.25) is 0 Å². The maximum Gasteiger partial charge on any atom is 0.162 e. The van der Waals surface area contributed by atoms with Gasteiger partial charge in [0.1, 0.15) is 10.4 Å². The van der Waals surface area contributed by atoms with Gasteiger partial charge in [0.05, 0.1) is 6.20 Å². The summed E-state index contributed by atoms with van der Waals surface area (Å²) in [6.45, 7) is 2.91. The maximum atomic E-state index is 13.0. The second-order valence-corrected chi connectivity index (χ2v) is 3.41. The molecule has 0 aliphatic heterocycles. The topological polar surface area (TPSA) is 28.7 Å². The van der Waals surface area contributed by atoms with E-state index in [1.807, 2.05) is 0 Å². The minimum atomic E-state index is -1.38. The number of H-pyrrole nitrogens is 1. The Morgan fingerprint density at radius 3 is 2.50 bits per heavy atom. The third-order valence-corrected chi connectivity index (χ3v) is 1.51. The molecule has 2 nitrogen and oxygen atoms in total. The molecule has 0 aliphatic carbocycles. The van der Waals surface area contributed by atoms with Crippen molar-refractivity contribution in [1.82, 2.24) is 9.97 Å². The zero-order chi connectivity index (χ0) is 7.78. The zero-order valence-electron chi connectivity index (χ0n) is 5.78. The average Bonchev–Trinajstić information content (AvgIpc) is 2.11. The van der Waals surface area contributed by atoms with Gasteiger partial charge >= 0.3 is 0 Å². The van der Waals surface area contributed by atoms with Crippen molar-refractivity contribution >= 4 is 15.9 Å². The first-order chi connectivity index (χ1) is 4.50. The fourth-order valence-electron chi connectivity index (χ4n) is 0.601. The molecule has 1 rings (SSSR count). The minimum Gasteiger partial charge on any atom is -0.334 e. The van der Waals surface area contributed by atoms with Crippen LogP contribution in [-0.4, -0.2) is 9.97 Å². The number of rotatable bonds is 1. The number of nitrogens with zero attached hydrogens (tertiary/aromatic N) is 1. The van der Waals surface area contributed by atoms with E-state index in [-0.39, 0.29) is 0 Å². The number of aromatic amines is 1. The van der Waals surface area contributed by atoms with Crippen molar-refractivity contribution in [3.05, 3.63) is 16.6 Å². The normalized spacial score (nSPS) is 12.0. The van der Waals surface area contributed by atoms with E-state index in [4.69, 9.17) is 0 Å². The minimum absolute atomic E-state index is 0.347. The van der Waals surface area contributed by atoms with Crippen molar-refractivity contribution in [2.75, 3.05) is 0 Å². The van der Waals surface area contributed by atoms with Crippen LogP contribution >= 0.6 is 15.9 Å². The van der Waals surface area contributed by atoms with E-state index >= 15 is 0 Å². The van der Waals surface area contributed by atoms with Gasteiger partial charge < -0.3 is 4.98 Å². The van der Waals surface area contributed by atoms with Crippen LogP contribution in [0.3, 0.4) is 0 Å². The predicted octanol–water partition coefficient (Wildman–Crippen LogP) is 2.38. The van der Waals surface area contributed by atoms with Crippen molar-refractivity contribution in [2.45, 2.75) is 19.5 Å². The molecule has 0 radical (unpaired) electrons. The van der Waals surface area contributed by atoms with Gasteiger partial charge in [-0.3, -0.25) is 0 Å². The molecule has 1 aromatic heterocycles. The molecule has 1 aromatic rings. The third-order valence-electron chi connectivity index (χ3n) is 1.11. The largest absolute Gasteiger partial charge is 0.334 e. The number of imidazole rings is 1. The molecule has 10 heavy (non-hydrogen) atoms. The number of halogens is 2. The lowest BCUT2D eigenvalue weighted by Crippen LogP contribution is -2.10. The van der Waals surface area contributed by atoms with E-state index in [2.05, 4.69) is 25.9 Å². The fraction of sp³-hybridized carbons (Fsp3) is 0.500. The molecule has 0 spiro atoms. The van der Waals surface area contributed by atoms with E-state index in [0.29, 0.717) is 10.4 Å². The SMILES string of the molecule is CC(C)(F)c1ncc(Br)[nH]1. The molecular weight excluding hydrogens is 199 g/mol. The molecule has 0 unspecified atom stereocenters. The van der Waals surface area contributed by atoms with Crippen LogP contribution < -0.4 is 0 Å². The van der Waals surface area contributed by atoms with Crippen molar-refractivity contribution in [2.24, 2.45) is 0 Å². The summed E-state index contributed by atoms with van der Waals surface area (Å²) in [4.78, 5) is 6.56. The summed E-state index contributed by atoms with van der Waals surface area (Å²) in [7, 11) is 0. The van der Waals surface area contributed by atoms with E-state index < -0.39 is 5.67 Å². The van der Waals surface area contributed by atoms with Crippen molar-refractivity contribution in [1.29, 1.82) is 0 Å². The first kappa shape index (κ1) is 7.72. The Labute approximate surface area is 67.0 Å². The number of hydrogen-bond donors (Lipinski definition) is 1. The lowest BCUT2D eigenvalue weighted by atomic mass is 10.2. The van der Waals surface area contributed by atoms with E-state index in [1.165, 1.54) is 20.0 Å². The Hall–Kier alpha value is -0.380. The Morgan fingerprint density at radius 2 is 2.30 bits per heavy atom. The highest BCUT2D eigenvalue weighted by atomic mass is 79.9. The smallest absolute Gasteiger partial charge is 0.162 e. The highest BCUT2D eigenvalue weighted by Gasteiger charge is 2.21. The summed E-state index contributed by atoms with van der Waals surface area (Å²) in [5, 5.41) is 0. The van der Waals surface area contributed by atoms with Gasteiger partial charge in [-0.1, -0.05) is 0 Å². The molecule has 0 saturated heterocycles. The van der Waals surface area contributed by atoms with Crippen molar-refractivity contribution < 1.29 is 4.39 Å². The monoisotopic (exact) mass is 206 g/mol.